The summed E-state index contributed by atoms with van der Waals surface area (Å²) in [5, 5.41) is 23.6. The fourth-order valence-corrected chi connectivity index (χ4v) is 4.44. The fourth-order valence-electron chi connectivity index (χ4n) is 4.44. The van der Waals surface area contributed by atoms with Crippen molar-refractivity contribution in [1.82, 2.24) is 20.2 Å². The third-order valence-electron chi connectivity index (χ3n) is 5.84. The van der Waals surface area contributed by atoms with E-state index in [1.807, 2.05) is 18.1 Å². The quantitative estimate of drug-likeness (QED) is 0.574. The summed E-state index contributed by atoms with van der Waals surface area (Å²) in [5.41, 5.74) is 2.90. The molecule has 2 aromatic heterocycles. The maximum Gasteiger partial charge on any atom is 0.139 e. The van der Waals surface area contributed by atoms with Crippen molar-refractivity contribution in [2.24, 2.45) is 5.92 Å². The summed E-state index contributed by atoms with van der Waals surface area (Å²) in [7, 11) is 1.96. The van der Waals surface area contributed by atoms with E-state index in [-0.39, 0.29) is 0 Å². The lowest BCUT2D eigenvalue weighted by molar-refractivity contribution is 0.0111. The van der Waals surface area contributed by atoms with Crippen molar-refractivity contribution < 1.29 is 5.11 Å². The highest BCUT2D eigenvalue weighted by Gasteiger charge is 2.35. The van der Waals surface area contributed by atoms with E-state index in [1.165, 1.54) is 12.8 Å². The first-order valence-electron chi connectivity index (χ1n) is 9.37. The summed E-state index contributed by atoms with van der Waals surface area (Å²) in [6.45, 7) is 2.09. The molecule has 7 heteroatoms. The maximum absolute atomic E-state index is 10.6. The number of anilines is 1. The predicted octanol–water partition coefficient (Wildman–Crippen LogP) is 1.94. The topological polar surface area (TPSA) is 91.2 Å². The highest BCUT2D eigenvalue weighted by molar-refractivity contribution is 5.92. The van der Waals surface area contributed by atoms with Crippen LogP contribution >= 0.6 is 0 Å². The van der Waals surface area contributed by atoms with Gasteiger partial charge in [0.1, 0.15) is 11.9 Å². The van der Waals surface area contributed by atoms with Gasteiger partial charge in [-0.05, 0) is 51.3 Å². The summed E-state index contributed by atoms with van der Waals surface area (Å²) >= 11 is 0. The first-order chi connectivity index (χ1) is 12.7. The number of nitriles is 1. The minimum atomic E-state index is -0.612. The minimum Gasteiger partial charge on any atom is -0.374 e. The molecule has 0 bridgehead atoms. The van der Waals surface area contributed by atoms with Crippen LogP contribution < -0.4 is 10.2 Å². The largest absolute Gasteiger partial charge is 0.374 e. The number of aliphatic hydroxyl groups is 1. The van der Waals surface area contributed by atoms with Crippen LogP contribution in [0.4, 0.5) is 5.69 Å². The molecule has 26 heavy (non-hydrogen) atoms. The Morgan fingerprint density at radius 1 is 1.38 bits per heavy atom. The number of rotatable bonds is 4. The lowest BCUT2D eigenvalue weighted by Crippen LogP contribution is -2.49. The van der Waals surface area contributed by atoms with Gasteiger partial charge in [0.25, 0.3) is 0 Å². The summed E-state index contributed by atoms with van der Waals surface area (Å²) < 4.78 is 0. The van der Waals surface area contributed by atoms with Crippen LogP contribution in [-0.4, -0.2) is 52.8 Å². The summed E-state index contributed by atoms with van der Waals surface area (Å²) in [6.07, 6.45) is 7.72. The van der Waals surface area contributed by atoms with Crippen LogP contribution in [0.25, 0.3) is 11.0 Å². The van der Waals surface area contributed by atoms with E-state index >= 15 is 0 Å². The Balaban J connectivity index is 1.56. The van der Waals surface area contributed by atoms with Crippen molar-refractivity contribution in [2.75, 3.05) is 31.7 Å². The molecule has 1 fully saturated rings. The third kappa shape index (κ3) is 3.05. The standard InChI is InChI=1S/C19H26N6O/c1-24-12-25(14-4-2-13(3-5-14)10-21-9-7-20)17-15-6-8-22-18(15)23-11-16(17)19(24)26/h6,8,11,13-14,19,21,26H,2-5,9-10,12H2,1H3,(H,22,23)/t13-,14-,19?. The number of nitrogens with one attached hydrogen (secondary N) is 2. The van der Waals surface area contributed by atoms with Gasteiger partial charge in [-0.1, -0.05) is 0 Å². The van der Waals surface area contributed by atoms with Crippen LogP contribution in [-0.2, 0) is 0 Å². The van der Waals surface area contributed by atoms with Gasteiger partial charge in [-0.25, -0.2) is 4.98 Å². The molecule has 0 spiro atoms. The molecule has 4 rings (SSSR count). The number of aromatic amines is 1. The van der Waals surface area contributed by atoms with Gasteiger partial charge < -0.3 is 20.3 Å². The van der Waals surface area contributed by atoms with E-state index in [9.17, 15) is 5.11 Å². The summed E-state index contributed by atoms with van der Waals surface area (Å²) in [5.74, 6) is 0.650. The van der Waals surface area contributed by atoms with Crippen molar-refractivity contribution >= 4 is 16.7 Å². The number of fused-ring (bicyclic) bond motifs is 3. The molecule has 3 N–H and O–H groups in total. The molecule has 1 atom stereocenters. The van der Waals surface area contributed by atoms with E-state index in [0.717, 1.165) is 48.3 Å². The van der Waals surface area contributed by atoms with Gasteiger partial charge in [0, 0.05) is 29.4 Å². The first-order valence-corrected chi connectivity index (χ1v) is 9.37. The van der Waals surface area contributed by atoms with Crippen LogP contribution in [0.1, 0.15) is 37.5 Å². The maximum atomic E-state index is 10.6. The molecule has 1 saturated carbocycles. The highest BCUT2D eigenvalue weighted by Crippen LogP contribution is 2.41. The zero-order valence-corrected chi connectivity index (χ0v) is 15.1. The fraction of sp³-hybridized carbons (Fsp3) is 0.579. The van der Waals surface area contributed by atoms with Gasteiger partial charge in [-0.15, -0.1) is 0 Å². The Kier molecular flexibility index (Phi) is 4.81. The lowest BCUT2D eigenvalue weighted by atomic mass is 9.84. The van der Waals surface area contributed by atoms with Gasteiger partial charge >= 0.3 is 0 Å². The molecule has 1 unspecified atom stereocenters. The number of pyridine rings is 1. The Labute approximate surface area is 153 Å². The number of aliphatic hydroxyl groups excluding tert-OH is 1. The highest BCUT2D eigenvalue weighted by atomic mass is 16.3. The molecule has 0 radical (unpaired) electrons. The second-order valence-corrected chi connectivity index (χ2v) is 7.51. The SMILES string of the molecule is CN1CN([C@H]2CC[C@H](CNCC#N)CC2)c2c(cnc3[nH]ccc23)C1O. The first kappa shape index (κ1) is 17.3. The Morgan fingerprint density at radius 3 is 2.96 bits per heavy atom. The van der Waals surface area contributed by atoms with Gasteiger partial charge in [-0.2, -0.15) is 5.26 Å². The molecular formula is C19H26N6O. The Morgan fingerprint density at radius 2 is 2.19 bits per heavy atom. The van der Waals surface area contributed by atoms with Gasteiger partial charge in [0.15, 0.2) is 0 Å². The second-order valence-electron chi connectivity index (χ2n) is 7.51. The molecule has 0 saturated heterocycles. The van der Waals surface area contributed by atoms with Crippen LogP contribution in [0, 0.1) is 17.2 Å². The van der Waals surface area contributed by atoms with Gasteiger partial charge in [0.2, 0.25) is 0 Å². The molecular weight excluding hydrogens is 328 g/mol. The average Bonchev–Trinajstić information content (AvgIpc) is 3.14. The van der Waals surface area contributed by atoms with Crippen LogP contribution in [0.3, 0.4) is 0 Å². The monoisotopic (exact) mass is 354 g/mol. The summed E-state index contributed by atoms with van der Waals surface area (Å²) in [4.78, 5) is 12.1. The normalized spacial score (nSPS) is 26.7. The number of hydrogen-bond donors (Lipinski definition) is 3. The molecule has 138 valence electrons. The van der Waals surface area contributed by atoms with Crippen LogP contribution in [0.5, 0.6) is 0 Å². The van der Waals surface area contributed by atoms with Crippen LogP contribution in [0.2, 0.25) is 0 Å². The number of hydrogen-bond acceptors (Lipinski definition) is 6. The molecule has 1 aliphatic heterocycles. The van der Waals surface area contributed by atoms with Crippen LogP contribution in [0.15, 0.2) is 18.5 Å². The van der Waals surface area contributed by atoms with Gasteiger partial charge in [0.05, 0.1) is 25.0 Å². The average molecular weight is 354 g/mol. The Bertz CT molecular complexity index is 804. The van der Waals surface area contributed by atoms with Crippen molar-refractivity contribution in [3.05, 3.63) is 24.0 Å². The van der Waals surface area contributed by atoms with Crippen molar-refractivity contribution in [2.45, 2.75) is 38.0 Å². The number of H-pyrrole nitrogens is 1. The number of nitrogens with zero attached hydrogens (tertiary/aromatic N) is 4. The molecule has 2 aliphatic rings. The van der Waals surface area contributed by atoms with Gasteiger partial charge in [-0.3, -0.25) is 4.90 Å². The van der Waals surface area contributed by atoms with Crippen molar-refractivity contribution in [3.63, 3.8) is 0 Å². The second kappa shape index (κ2) is 7.23. The number of aromatic nitrogens is 2. The Hall–Kier alpha value is -2.14. The summed E-state index contributed by atoms with van der Waals surface area (Å²) in [6, 6.07) is 4.67. The van der Waals surface area contributed by atoms with E-state index in [0.29, 0.717) is 18.5 Å². The molecule has 0 aromatic carbocycles. The predicted molar refractivity (Wildman–Crippen MR) is 100 cm³/mol. The molecule has 0 amide bonds. The zero-order chi connectivity index (χ0) is 18.1. The third-order valence-corrected chi connectivity index (χ3v) is 5.84. The van der Waals surface area contributed by atoms with Crippen molar-refractivity contribution in [1.29, 1.82) is 5.26 Å². The van der Waals surface area contributed by atoms with E-state index in [1.54, 1.807) is 6.20 Å². The zero-order valence-electron chi connectivity index (χ0n) is 15.1. The van der Waals surface area contributed by atoms with E-state index in [4.69, 9.17) is 5.26 Å². The minimum absolute atomic E-state index is 0.431. The molecule has 1 aliphatic carbocycles. The molecule has 2 aromatic rings. The van der Waals surface area contributed by atoms with Crippen molar-refractivity contribution in [3.8, 4) is 6.07 Å². The smallest absolute Gasteiger partial charge is 0.139 e. The van der Waals surface area contributed by atoms with E-state index in [2.05, 4.69) is 32.3 Å². The molecule has 7 nitrogen and oxygen atoms in total. The molecule has 3 heterocycles. The lowest BCUT2D eigenvalue weighted by Gasteiger charge is -2.46. The van der Waals surface area contributed by atoms with E-state index < -0.39 is 6.23 Å².